The lowest BCUT2D eigenvalue weighted by Crippen LogP contribution is -2.13. The van der Waals surface area contributed by atoms with E-state index in [-0.39, 0.29) is 5.78 Å². The summed E-state index contributed by atoms with van der Waals surface area (Å²) in [5.41, 5.74) is 7.02. The van der Waals surface area contributed by atoms with Crippen LogP contribution in [0.2, 0.25) is 0 Å². The summed E-state index contributed by atoms with van der Waals surface area (Å²) in [6.45, 7) is 4.03. The second-order valence-electron chi connectivity index (χ2n) is 9.08. The number of thiazole rings is 2. The summed E-state index contributed by atoms with van der Waals surface area (Å²) in [5, 5.41) is 16.9. The first kappa shape index (κ1) is 23.5. The van der Waals surface area contributed by atoms with Crippen molar-refractivity contribution in [2.75, 3.05) is 0 Å². The maximum absolute atomic E-state index is 14.0. The van der Waals surface area contributed by atoms with Gasteiger partial charge in [0.1, 0.15) is 10.0 Å². The highest BCUT2D eigenvalue weighted by molar-refractivity contribution is 7.13. The van der Waals surface area contributed by atoms with E-state index in [9.17, 15) is 4.79 Å². The van der Waals surface area contributed by atoms with Crippen molar-refractivity contribution in [2.24, 2.45) is 7.05 Å². The van der Waals surface area contributed by atoms with Gasteiger partial charge >= 0.3 is 0 Å². The third kappa shape index (κ3) is 3.91. The maximum atomic E-state index is 14.0. The summed E-state index contributed by atoms with van der Waals surface area (Å²) in [4.78, 5) is 22.8. The number of carbonyl (C=O) groups excluding carboxylic acids is 1. The van der Waals surface area contributed by atoms with Gasteiger partial charge in [0.2, 0.25) is 0 Å². The molecule has 1 N–H and O–H groups in total. The fourth-order valence-electron chi connectivity index (χ4n) is 4.96. The van der Waals surface area contributed by atoms with E-state index in [0.717, 1.165) is 60.5 Å². The molecule has 0 fully saturated rings. The SMILES string of the molecule is CCc1ccc(-c2nccs2)cc1C(=O)c1cc2c(cc1C)c(=N)c1cc(-c3nccs3)ccc1n2C. The molecule has 0 bridgehead atoms. The lowest BCUT2D eigenvalue weighted by atomic mass is 9.91. The number of rotatable bonds is 5. The first-order valence-electron chi connectivity index (χ1n) is 12.0. The molecule has 0 amide bonds. The zero-order chi connectivity index (χ0) is 25.7. The average Bonchev–Trinajstić information content (AvgIpc) is 3.66. The van der Waals surface area contributed by atoms with Crippen molar-refractivity contribution in [1.82, 2.24) is 14.5 Å². The standard InChI is InChI=1S/C30H24N4OS2/c1-4-18-5-6-19(29-32-9-11-36-29)14-22(18)28(35)21-16-26-23(13-17(21)2)27(31)24-15-20(30-33-10-12-37-30)7-8-25(24)34(26)3/h5-16,31H,4H2,1-3H3. The van der Waals surface area contributed by atoms with Crippen LogP contribution in [-0.4, -0.2) is 20.3 Å². The molecule has 0 aliphatic carbocycles. The molecule has 0 unspecified atom stereocenters. The monoisotopic (exact) mass is 520 g/mol. The molecule has 3 aromatic carbocycles. The number of benzene rings is 3. The van der Waals surface area contributed by atoms with E-state index in [1.807, 2.05) is 73.3 Å². The van der Waals surface area contributed by atoms with Crippen LogP contribution in [0.3, 0.4) is 0 Å². The van der Waals surface area contributed by atoms with Crippen molar-refractivity contribution in [2.45, 2.75) is 20.3 Å². The Morgan fingerprint density at radius 1 is 0.865 bits per heavy atom. The number of hydrogen-bond donors (Lipinski definition) is 1. The molecule has 0 spiro atoms. The minimum Gasteiger partial charge on any atom is -0.343 e. The van der Waals surface area contributed by atoms with E-state index in [0.29, 0.717) is 16.5 Å². The van der Waals surface area contributed by atoms with Crippen LogP contribution in [0.5, 0.6) is 0 Å². The number of nitrogens with zero attached hydrogens (tertiary/aromatic N) is 3. The van der Waals surface area contributed by atoms with Crippen LogP contribution in [0, 0.1) is 12.3 Å². The molecule has 3 heterocycles. The summed E-state index contributed by atoms with van der Waals surface area (Å²) in [6, 6.07) is 16.1. The molecule has 6 rings (SSSR count). The Bertz CT molecular complexity index is 1870. The van der Waals surface area contributed by atoms with E-state index in [2.05, 4.69) is 21.5 Å². The Kier molecular flexibility index (Phi) is 5.82. The predicted molar refractivity (Wildman–Crippen MR) is 152 cm³/mol. The Labute approximate surface area is 222 Å². The zero-order valence-corrected chi connectivity index (χ0v) is 22.3. The molecule has 0 aliphatic rings. The van der Waals surface area contributed by atoms with Crippen molar-refractivity contribution in [3.63, 3.8) is 0 Å². The van der Waals surface area contributed by atoms with Crippen LogP contribution < -0.4 is 5.36 Å². The third-order valence-electron chi connectivity index (χ3n) is 6.94. The van der Waals surface area contributed by atoms with Crippen LogP contribution in [-0.2, 0) is 13.5 Å². The van der Waals surface area contributed by atoms with E-state index in [1.165, 1.54) is 0 Å². The van der Waals surface area contributed by atoms with Gasteiger partial charge in [-0.2, -0.15) is 0 Å². The van der Waals surface area contributed by atoms with Crippen molar-refractivity contribution in [3.05, 3.63) is 99.3 Å². The number of nitrogens with one attached hydrogen (secondary N) is 1. The van der Waals surface area contributed by atoms with Gasteiger partial charge in [0.15, 0.2) is 5.78 Å². The number of fused-ring (bicyclic) bond motifs is 2. The fraction of sp³-hybridized carbons (Fsp3) is 0.133. The molecule has 0 atom stereocenters. The highest BCUT2D eigenvalue weighted by atomic mass is 32.1. The van der Waals surface area contributed by atoms with Gasteiger partial charge < -0.3 is 4.57 Å². The Morgan fingerprint density at radius 2 is 1.51 bits per heavy atom. The van der Waals surface area contributed by atoms with Crippen LogP contribution >= 0.6 is 22.7 Å². The van der Waals surface area contributed by atoms with Gasteiger partial charge in [0.25, 0.3) is 0 Å². The van der Waals surface area contributed by atoms with Gasteiger partial charge in [-0.05, 0) is 60.9 Å². The molecule has 5 nitrogen and oxygen atoms in total. The maximum Gasteiger partial charge on any atom is 0.193 e. The molecule has 182 valence electrons. The quantitative estimate of drug-likeness (QED) is 0.194. The first-order chi connectivity index (χ1) is 18.0. The minimum absolute atomic E-state index is 0.000372. The lowest BCUT2D eigenvalue weighted by Gasteiger charge is -2.16. The average molecular weight is 521 g/mol. The van der Waals surface area contributed by atoms with Crippen molar-refractivity contribution in [3.8, 4) is 21.1 Å². The molecule has 7 heteroatoms. The van der Waals surface area contributed by atoms with Crippen LogP contribution in [0.25, 0.3) is 42.9 Å². The van der Waals surface area contributed by atoms with Crippen molar-refractivity contribution in [1.29, 1.82) is 5.41 Å². The number of aromatic nitrogens is 3. The third-order valence-corrected chi connectivity index (χ3v) is 8.58. The summed E-state index contributed by atoms with van der Waals surface area (Å²) in [7, 11) is 2.00. The Balaban J connectivity index is 1.53. The largest absolute Gasteiger partial charge is 0.343 e. The van der Waals surface area contributed by atoms with Gasteiger partial charge in [0.05, 0.1) is 16.4 Å². The van der Waals surface area contributed by atoms with Crippen LogP contribution in [0.1, 0.15) is 34.0 Å². The molecule has 0 aliphatic heterocycles. The summed E-state index contributed by atoms with van der Waals surface area (Å²) >= 11 is 3.15. The van der Waals surface area contributed by atoms with E-state index in [4.69, 9.17) is 5.41 Å². The molecule has 37 heavy (non-hydrogen) atoms. The molecular weight excluding hydrogens is 496 g/mol. The summed E-state index contributed by atoms with van der Waals surface area (Å²) < 4.78 is 2.08. The Hall–Kier alpha value is -3.94. The van der Waals surface area contributed by atoms with E-state index >= 15 is 0 Å². The second-order valence-corrected chi connectivity index (χ2v) is 10.9. The highest BCUT2D eigenvalue weighted by Crippen LogP contribution is 2.30. The normalized spacial score (nSPS) is 11.4. The van der Waals surface area contributed by atoms with Gasteiger partial charge in [-0.1, -0.05) is 19.1 Å². The molecule has 0 saturated heterocycles. The lowest BCUT2D eigenvalue weighted by molar-refractivity contribution is 0.103. The number of carbonyl (C=O) groups is 1. The van der Waals surface area contributed by atoms with Gasteiger partial charge in [0, 0.05) is 63.2 Å². The number of ketones is 1. The number of aryl methyl sites for hydroxylation is 3. The van der Waals surface area contributed by atoms with Crippen LogP contribution in [0.4, 0.5) is 0 Å². The smallest absolute Gasteiger partial charge is 0.193 e. The van der Waals surface area contributed by atoms with Crippen molar-refractivity contribution < 1.29 is 4.79 Å². The first-order valence-corrected chi connectivity index (χ1v) is 13.8. The Morgan fingerprint density at radius 3 is 2.16 bits per heavy atom. The fourth-order valence-corrected chi connectivity index (χ4v) is 6.23. The van der Waals surface area contributed by atoms with Gasteiger partial charge in [-0.3, -0.25) is 10.2 Å². The van der Waals surface area contributed by atoms with Crippen LogP contribution in [0.15, 0.2) is 71.7 Å². The second kappa shape index (κ2) is 9.18. The molecule has 3 aromatic heterocycles. The van der Waals surface area contributed by atoms with E-state index in [1.54, 1.807) is 35.1 Å². The molecule has 0 radical (unpaired) electrons. The van der Waals surface area contributed by atoms with E-state index < -0.39 is 0 Å². The molecule has 6 aromatic rings. The number of hydrogen-bond acceptors (Lipinski definition) is 6. The molecular formula is C30H24N4OS2. The zero-order valence-electron chi connectivity index (χ0n) is 20.7. The van der Waals surface area contributed by atoms with Gasteiger partial charge in [-0.15, -0.1) is 22.7 Å². The number of pyridine rings is 1. The predicted octanol–water partition coefficient (Wildman–Crippen LogP) is 7.16. The van der Waals surface area contributed by atoms with Crippen molar-refractivity contribution >= 4 is 50.3 Å². The topological polar surface area (TPSA) is 71.6 Å². The molecule has 0 saturated carbocycles. The highest BCUT2D eigenvalue weighted by Gasteiger charge is 2.19. The summed E-state index contributed by atoms with van der Waals surface area (Å²) in [5.74, 6) is 0.000372. The minimum atomic E-state index is 0.000372. The summed E-state index contributed by atoms with van der Waals surface area (Å²) in [6.07, 6.45) is 4.35. The van der Waals surface area contributed by atoms with Gasteiger partial charge in [-0.25, -0.2) is 9.97 Å².